The molecule has 0 aliphatic heterocycles. The van der Waals surface area contributed by atoms with E-state index in [0.717, 1.165) is 12.1 Å². The maximum absolute atomic E-state index is 3.96. The molecule has 0 aliphatic rings. The molecule has 1 heterocycles. The molecule has 0 radical (unpaired) electrons. The van der Waals surface area contributed by atoms with Crippen LogP contribution in [0.15, 0.2) is 110 Å². The Morgan fingerprint density at radius 2 is 1.50 bits per heavy atom. The lowest BCUT2D eigenvalue weighted by Crippen LogP contribution is -2.15. The second kappa shape index (κ2) is 9.75. The molecule has 36 heavy (non-hydrogen) atoms. The summed E-state index contributed by atoms with van der Waals surface area (Å²) >= 11 is 0. The van der Waals surface area contributed by atoms with Gasteiger partial charge in [-0.05, 0) is 91.1 Å². The van der Waals surface area contributed by atoms with Gasteiger partial charge in [-0.1, -0.05) is 61.2 Å². The van der Waals surface area contributed by atoms with Crippen molar-refractivity contribution < 1.29 is 0 Å². The number of allylic oxidation sites excluding steroid dienone is 1. The van der Waals surface area contributed by atoms with Gasteiger partial charge in [-0.15, -0.1) is 6.58 Å². The summed E-state index contributed by atoms with van der Waals surface area (Å²) in [7, 11) is 0. The first kappa shape index (κ1) is 23.4. The average molecular weight is 469 g/mol. The van der Waals surface area contributed by atoms with E-state index >= 15 is 0 Å². The van der Waals surface area contributed by atoms with Crippen LogP contribution in [0.2, 0.25) is 0 Å². The molecule has 5 aromatic rings. The van der Waals surface area contributed by atoms with Crippen LogP contribution in [0.25, 0.3) is 44.7 Å². The molecule has 5 rings (SSSR count). The van der Waals surface area contributed by atoms with Crippen molar-refractivity contribution >= 4 is 33.6 Å². The molecule has 0 amide bonds. The lowest BCUT2D eigenvalue weighted by molar-refractivity contribution is 1.08. The van der Waals surface area contributed by atoms with E-state index in [-0.39, 0.29) is 0 Å². The summed E-state index contributed by atoms with van der Waals surface area (Å²) in [4.78, 5) is 2.21. The van der Waals surface area contributed by atoms with Crippen molar-refractivity contribution in [3.8, 4) is 16.8 Å². The fourth-order valence-corrected chi connectivity index (χ4v) is 5.18. The summed E-state index contributed by atoms with van der Waals surface area (Å²) in [6.07, 6.45) is 7.99. The Morgan fingerprint density at radius 3 is 2.19 bits per heavy atom. The number of hydrogen-bond donors (Lipinski definition) is 0. The SMILES string of the molecule is C=CCN(/C=C/C)c1ccc(-c2ccc(-n3c4ccccc4c4cc(C=C)ccc43)cc2C)c(C)c1. The van der Waals surface area contributed by atoms with Gasteiger partial charge < -0.3 is 9.47 Å². The van der Waals surface area contributed by atoms with E-state index in [1.165, 1.54) is 55.4 Å². The van der Waals surface area contributed by atoms with Gasteiger partial charge in [0.1, 0.15) is 0 Å². The molecule has 0 unspecified atom stereocenters. The molecule has 4 aromatic carbocycles. The maximum atomic E-state index is 3.96. The van der Waals surface area contributed by atoms with Crippen molar-refractivity contribution in [2.24, 2.45) is 0 Å². The highest BCUT2D eigenvalue weighted by Crippen LogP contribution is 2.35. The molecule has 178 valence electrons. The summed E-state index contributed by atoms with van der Waals surface area (Å²) in [6, 6.07) is 28.7. The Morgan fingerprint density at radius 1 is 0.778 bits per heavy atom. The minimum absolute atomic E-state index is 0.782. The predicted molar refractivity (Wildman–Crippen MR) is 158 cm³/mol. The van der Waals surface area contributed by atoms with E-state index in [9.17, 15) is 0 Å². The van der Waals surface area contributed by atoms with Crippen LogP contribution < -0.4 is 4.90 Å². The number of aryl methyl sites for hydroxylation is 2. The summed E-state index contributed by atoms with van der Waals surface area (Å²) in [5, 5.41) is 2.51. The number of fused-ring (bicyclic) bond motifs is 3. The van der Waals surface area contributed by atoms with Crippen molar-refractivity contribution in [2.75, 3.05) is 11.4 Å². The van der Waals surface area contributed by atoms with Gasteiger partial charge in [0.05, 0.1) is 11.0 Å². The Hall–Kier alpha value is -4.30. The van der Waals surface area contributed by atoms with E-state index in [2.05, 4.69) is 128 Å². The van der Waals surface area contributed by atoms with Crippen LogP contribution in [0.1, 0.15) is 23.6 Å². The van der Waals surface area contributed by atoms with Crippen LogP contribution in [0.5, 0.6) is 0 Å². The van der Waals surface area contributed by atoms with Crippen molar-refractivity contribution in [3.05, 3.63) is 127 Å². The first-order valence-corrected chi connectivity index (χ1v) is 12.4. The van der Waals surface area contributed by atoms with Crippen molar-refractivity contribution in [1.29, 1.82) is 0 Å². The lowest BCUT2D eigenvalue weighted by atomic mass is 9.95. The minimum atomic E-state index is 0.782. The van der Waals surface area contributed by atoms with E-state index in [0.29, 0.717) is 0 Å². The molecule has 0 bridgehead atoms. The molecule has 2 heteroatoms. The Kier molecular flexibility index (Phi) is 6.35. The van der Waals surface area contributed by atoms with Crippen LogP contribution in [0, 0.1) is 13.8 Å². The van der Waals surface area contributed by atoms with Gasteiger partial charge in [0.15, 0.2) is 0 Å². The number of para-hydroxylation sites is 1. The third-order valence-corrected chi connectivity index (χ3v) is 6.89. The standard InChI is InChI=1S/C34H32N2/c1-6-19-35(20-7-2)27-14-16-29(24(4)21-27)30-17-15-28(22-25(30)5)36-33-12-10-9-11-31(33)32-23-26(8-3)13-18-34(32)36/h6-18,20-23H,1,3,19H2,2,4-5H3/b20-7+. The number of benzene rings is 4. The van der Waals surface area contributed by atoms with Crippen molar-refractivity contribution in [2.45, 2.75) is 20.8 Å². The zero-order valence-electron chi connectivity index (χ0n) is 21.3. The van der Waals surface area contributed by atoms with Gasteiger partial charge in [0, 0.05) is 34.9 Å². The second-order valence-corrected chi connectivity index (χ2v) is 9.26. The van der Waals surface area contributed by atoms with Crippen molar-refractivity contribution in [3.63, 3.8) is 0 Å². The number of anilines is 1. The molecule has 0 saturated carbocycles. The Bertz CT molecular complexity index is 1630. The van der Waals surface area contributed by atoms with Gasteiger partial charge in [-0.25, -0.2) is 0 Å². The van der Waals surface area contributed by atoms with Gasteiger partial charge in [-0.2, -0.15) is 0 Å². The summed E-state index contributed by atoms with van der Waals surface area (Å²) in [5.74, 6) is 0. The number of rotatable bonds is 7. The first-order chi connectivity index (χ1) is 17.5. The van der Waals surface area contributed by atoms with Crippen LogP contribution in [-0.2, 0) is 0 Å². The zero-order chi connectivity index (χ0) is 25.2. The van der Waals surface area contributed by atoms with Crippen LogP contribution >= 0.6 is 0 Å². The van der Waals surface area contributed by atoms with E-state index < -0.39 is 0 Å². The van der Waals surface area contributed by atoms with Gasteiger partial charge in [0.2, 0.25) is 0 Å². The quantitative estimate of drug-likeness (QED) is 0.216. The maximum Gasteiger partial charge on any atom is 0.0541 e. The van der Waals surface area contributed by atoms with E-state index in [4.69, 9.17) is 0 Å². The molecule has 0 atom stereocenters. The molecular weight excluding hydrogens is 436 g/mol. The highest BCUT2D eigenvalue weighted by atomic mass is 15.1. The molecule has 0 saturated heterocycles. The summed E-state index contributed by atoms with van der Waals surface area (Å²) in [5.41, 5.74) is 11.0. The monoisotopic (exact) mass is 468 g/mol. The van der Waals surface area contributed by atoms with Gasteiger partial charge >= 0.3 is 0 Å². The Balaban J connectivity index is 1.60. The molecule has 2 nitrogen and oxygen atoms in total. The third kappa shape index (κ3) is 4.05. The molecule has 0 spiro atoms. The van der Waals surface area contributed by atoms with Crippen LogP contribution in [0.3, 0.4) is 0 Å². The van der Waals surface area contributed by atoms with Crippen molar-refractivity contribution in [1.82, 2.24) is 4.57 Å². The van der Waals surface area contributed by atoms with Gasteiger partial charge in [0.25, 0.3) is 0 Å². The summed E-state index contributed by atoms with van der Waals surface area (Å²) < 4.78 is 2.37. The topological polar surface area (TPSA) is 8.17 Å². The zero-order valence-corrected chi connectivity index (χ0v) is 21.3. The normalized spacial score (nSPS) is 11.4. The molecular formula is C34H32N2. The first-order valence-electron chi connectivity index (χ1n) is 12.4. The molecule has 0 N–H and O–H groups in total. The van der Waals surface area contributed by atoms with E-state index in [1.807, 2.05) is 19.1 Å². The minimum Gasteiger partial charge on any atom is -0.345 e. The van der Waals surface area contributed by atoms with Crippen LogP contribution in [0.4, 0.5) is 5.69 Å². The summed E-state index contributed by atoms with van der Waals surface area (Å²) in [6.45, 7) is 15.1. The smallest absolute Gasteiger partial charge is 0.0541 e. The average Bonchev–Trinajstić information content (AvgIpc) is 3.22. The second-order valence-electron chi connectivity index (χ2n) is 9.26. The fourth-order valence-electron chi connectivity index (χ4n) is 5.18. The molecule has 0 fully saturated rings. The lowest BCUT2D eigenvalue weighted by Gasteiger charge is -2.21. The molecule has 1 aromatic heterocycles. The third-order valence-electron chi connectivity index (χ3n) is 6.89. The van der Waals surface area contributed by atoms with Crippen LogP contribution in [-0.4, -0.2) is 11.1 Å². The highest BCUT2D eigenvalue weighted by molar-refractivity contribution is 6.09. The molecule has 0 aliphatic carbocycles. The Labute approximate surface area is 214 Å². The number of hydrogen-bond acceptors (Lipinski definition) is 1. The predicted octanol–water partition coefficient (Wildman–Crippen LogP) is 9.24. The van der Waals surface area contributed by atoms with Gasteiger partial charge in [-0.3, -0.25) is 0 Å². The fraction of sp³-hybridized carbons (Fsp3) is 0.118. The number of aromatic nitrogens is 1. The highest BCUT2D eigenvalue weighted by Gasteiger charge is 2.14. The van der Waals surface area contributed by atoms with E-state index in [1.54, 1.807) is 0 Å². The number of nitrogens with zero attached hydrogens (tertiary/aromatic N) is 2. The largest absolute Gasteiger partial charge is 0.345 e.